The highest BCUT2D eigenvalue weighted by Gasteiger charge is 2.22. The van der Waals surface area contributed by atoms with E-state index in [1.54, 1.807) is 4.68 Å². The molecule has 0 saturated carbocycles. The number of carbonyl (C=O) groups is 1. The molecule has 1 aliphatic rings. The fraction of sp³-hybridized carbons (Fsp3) is 0.667. The monoisotopic (exact) mass is 253 g/mol. The van der Waals surface area contributed by atoms with Gasteiger partial charge in [0.15, 0.2) is 0 Å². The SMILES string of the molecule is Cn1cc(CCN2CCOC(CC(=O)O)C2)cn1. The van der Waals surface area contributed by atoms with Crippen LogP contribution in [0.4, 0.5) is 0 Å². The van der Waals surface area contributed by atoms with Crippen molar-refractivity contribution in [2.75, 3.05) is 26.2 Å². The lowest BCUT2D eigenvalue weighted by molar-refractivity contribution is -0.142. The van der Waals surface area contributed by atoms with E-state index in [0.29, 0.717) is 13.2 Å². The number of carboxylic acids is 1. The zero-order valence-corrected chi connectivity index (χ0v) is 10.6. The molecule has 1 aromatic rings. The van der Waals surface area contributed by atoms with Crippen molar-refractivity contribution in [1.82, 2.24) is 14.7 Å². The zero-order valence-electron chi connectivity index (χ0n) is 10.6. The summed E-state index contributed by atoms with van der Waals surface area (Å²) < 4.78 is 7.23. The summed E-state index contributed by atoms with van der Waals surface area (Å²) in [4.78, 5) is 12.9. The van der Waals surface area contributed by atoms with E-state index in [1.807, 2.05) is 19.4 Å². The van der Waals surface area contributed by atoms with Crippen LogP contribution in [0, 0.1) is 0 Å². The molecule has 6 heteroatoms. The molecule has 0 aliphatic carbocycles. The molecular formula is C12H19N3O3. The van der Waals surface area contributed by atoms with Crippen LogP contribution in [0.15, 0.2) is 12.4 Å². The maximum absolute atomic E-state index is 10.6. The molecule has 1 atom stereocenters. The number of rotatable bonds is 5. The average molecular weight is 253 g/mol. The van der Waals surface area contributed by atoms with Gasteiger partial charge in [-0.2, -0.15) is 5.10 Å². The molecule has 100 valence electrons. The molecule has 2 rings (SSSR count). The lowest BCUT2D eigenvalue weighted by Gasteiger charge is -2.32. The van der Waals surface area contributed by atoms with E-state index in [0.717, 1.165) is 19.5 Å². The van der Waals surface area contributed by atoms with Gasteiger partial charge >= 0.3 is 5.97 Å². The van der Waals surface area contributed by atoms with Gasteiger partial charge in [-0.1, -0.05) is 0 Å². The zero-order chi connectivity index (χ0) is 13.0. The summed E-state index contributed by atoms with van der Waals surface area (Å²) in [5, 5.41) is 12.9. The molecule has 1 unspecified atom stereocenters. The van der Waals surface area contributed by atoms with Gasteiger partial charge in [0.05, 0.1) is 25.3 Å². The lowest BCUT2D eigenvalue weighted by atomic mass is 10.2. The van der Waals surface area contributed by atoms with Crippen molar-refractivity contribution in [3.05, 3.63) is 18.0 Å². The Labute approximate surface area is 106 Å². The maximum atomic E-state index is 10.6. The average Bonchev–Trinajstić information content (AvgIpc) is 2.72. The molecule has 1 fully saturated rings. The summed E-state index contributed by atoms with van der Waals surface area (Å²) in [5.74, 6) is -0.797. The number of aliphatic carboxylic acids is 1. The van der Waals surface area contributed by atoms with Gasteiger partial charge in [-0.3, -0.25) is 14.4 Å². The summed E-state index contributed by atoms with van der Waals surface area (Å²) in [5.41, 5.74) is 1.21. The third-order valence-electron chi connectivity index (χ3n) is 3.10. The van der Waals surface area contributed by atoms with Crippen molar-refractivity contribution in [1.29, 1.82) is 0 Å². The smallest absolute Gasteiger partial charge is 0.306 e. The molecule has 0 amide bonds. The van der Waals surface area contributed by atoms with Crippen LogP contribution in [0.1, 0.15) is 12.0 Å². The maximum Gasteiger partial charge on any atom is 0.306 e. The van der Waals surface area contributed by atoms with E-state index in [1.165, 1.54) is 5.56 Å². The van der Waals surface area contributed by atoms with Crippen LogP contribution in [-0.2, 0) is 23.0 Å². The van der Waals surface area contributed by atoms with Crippen molar-refractivity contribution in [3.8, 4) is 0 Å². The molecule has 0 radical (unpaired) electrons. The molecular weight excluding hydrogens is 234 g/mol. The van der Waals surface area contributed by atoms with Gasteiger partial charge in [-0.15, -0.1) is 0 Å². The summed E-state index contributed by atoms with van der Waals surface area (Å²) in [6.07, 6.45) is 4.73. The largest absolute Gasteiger partial charge is 0.481 e. The molecule has 0 aromatic carbocycles. The third-order valence-corrected chi connectivity index (χ3v) is 3.10. The van der Waals surface area contributed by atoms with Gasteiger partial charge in [-0.05, 0) is 12.0 Å². The van der Waals surface area contributed by atoms with Crippen LogP contribution in [0.25, 0.3) is 0 Å². The standard InChI is InChI=1S/C12H19N3O3/c1-14-8-10(7-13-14)2-3-15-4-5-18-11(9-15)6-12(16)17/h7-8,11H,2-6,9H2,1H3,(H,16,17). The van der Waals surface area contributed by atoms with E-state index in [-0.39, 0.29) is 12.5 Å². The van der Waals surface area contributed by atoms with Crippen molar-refractivity contribution in [3.63, 3.8) is 0 Å². The molecule has 1 saturated heterocycles. The normalized spacial score (nSPS) is 21.1. The Hall–Kier alpha value is -1.40. The number of morpholine rings is 1. The Morgan fingerprint density at radius 1 is 1.67 bits per heavy atom. The molecule has 1 aliphatic heterocycles. The lowest BCUT2D eigenvalue weighted by Crippen LogP contribution is -2.44. The summed E-state index contributed by atoms with van der Waals surface area (Å²) in [6, 6.07) is 0. The summed E-state index contributed by atoms with van der Waals surface area (Å²) in [7, 11) is 1.90. The van der Waals surface area contributed by atoms with Gasteiger partial charge in [0.25, 0.3) is 0 Å². The molecule has 6 nitrogen and oxygen atoms in total. The van der Waals surface area contributed by atoms with E-state index < -0.39 is 5.97 Å². The highest BCUT2D eigenvalue weighted by Crippen LogP contribution is 2.09. The van der Waals surface area contributed by atoms with Crippen LogP contribution in [0.5, 0.6) is 0 Å². The van der Waals surface area contributed by atoms with Crippen LogP contribution >= 0.6 is 0 Å². The second kappa shape index (κ2) is 5.97. The number of hydrogen-bond donors (Lipinski definition) is 1. The van der Waals surface area contributed by atoms with E-state index >= 15 is 0 Å². The number of ether oxygens (including phenoxy) is 1. The molecule has 0 spiro atoms. The van der Waals surface area contributed by atoms with Crippen LogP contribution in [0.3, 0.4) is 0 Å². The fourth-order valence-corrected chi connectivity index (χ4v) is 2.19. The van der Waals surface area contributed by atoms with Crippen molar-refractivity contribution in [2.45, 2.75) is 18.9 Å². The number of aryl methyl sites for hydroxylation is 1. The van der Waals surface area contributed by atoms with E-state index in [9.17, 15) is 4.79 Å². The number of hydrogen-bond acceptors (Lipinski definition) is 4. The fourth-order valence-electron chi connectivity index (χ4n) is 2.19. The van der Waals surface area contributed by atoms with Crippen LogP contribution < -0.4 is 0 Å². The van der Waals surface area contributed by atoms with E-state index in [4.69, 9.17) is 9.84 Å². The first kappa shape index (κ1) is 13.0. The molecule has 0 bridgehead atoms. The number of carboxylic acid groups (broad SMARTS) is 1. The molecule has 1 N–H and O–H groups in total. The summed E-state index contributed by atoms with van der Waals surface area (Å²) in [6.45, 7) is 3.11. The Morgan fingerprint density at radius 2 is 2.50 bits per heavy atom. The van der Waals surface area contributed by atoms with Crippen molar-refractivity contribution in [2.24, 2.45) is 7.05 Å². The predicted octanol–water partition coefficient (Wildman–Crippen LogP) is 0.138. The van der Waals surface area contributed by atoms with Crippen LogP contribution in [-0.4, -0.2) is 58.1 Å². The molecule has 2 heterocycles. The first-order valence-electron chi connectivity index (χ1n) is 6.17. The molecule has 1 aromatic heterocycles. The minimum Gasteiger partial charge on any atom is -0.481 e. The first-order valence-corrected chi connectivity index (χ1v) is 6.17. The Kier molecular flexibility index (Phi) is 4.33. The second-order valence-corrected chi connectivity index (χ2v) is 4.66. The van der Waals surface area contributed by atoms with Crippen LogP contribution in [0.2, 0.25) is 0 Å². The van der Waals surface area contributed by atoms with Crippen molar-refractivity contribution >= 4 is 5.97 Å². The first-order chi connectivity index (χ1) is 8.63. The van der Waals surface area contributed by atoms with Crippen molar-refractivity contribution < 1.29 is 14.6 Å². The predicted molar refractivity (Wildman–Crippen MR) is 65.3 cm³/mol. The van der Waals surface area contributed by atoms with Gasteiger partial charge in [-0.25, -0.2) is 0 Å². The Balaban J connectivity index is 1.77. The highest BCUT2D eigenvalue weighted by molar-refractivity contribution is 5.67. The number of nitrogens with zero attached hydrogens (tertiary/aromatic N) is 3. The minimum atomic E-state index is -0.797. The summed E-state index contributed by atoms with van der Waals surface area (Å²) >= 11 is 0. The second-order valence-electron chi connectivity index (χ2n) is 4.66. The topological polar surface area (TPSA) is 67.6 Å². The van der Waals surface area contributed by atoms with Gasteiger partial charge in [0.2, 0.25) is 0 Å². The van der Waals surface area contributed by atoms with Gasteiger partial charge < -0.3 is 9.84 Å². The Morgan fingerprint density at radius 3 is 3.17 bits per heavy atom. The van der Waals surface area contributed by atoms with Gasteiger partial charge in [0, 0.05) is 32.9 Å². The van der Waals surface area contributed by atoms with Gasteiger partial charge in [0.1, 0.15) is 0 Å². The van der Waals surface area contributed by atoms with E-state index in [2.05, 4.69) is 10.00 Å². The highest BCUT2D eigenvalue weighted by atomic mass is 16.5. The third kappa shape index (κ3) is 3.82. The minimum absolute atomic E-state index is 0.0867. The Bertz CT molecular complexity index is 405. The number of aromatic nitrogens is 2. The molecule has 18 heavy (non-hydrogen) atoms. The quantitative estimate of drug-likeness (QED) is 0.808.